The number of Topliss-reactive ketones (excluding diaryl/α,β-unsaturated/α-hetero) is 1. The highest BCUT2D eigenvalue weighted by molar-refractivity contribution is 6.12. The number of carbonyl (C=O) groups is 1. The van der Waals surface area contributed by atoms with E-state index in [2.05, 4.69) is 91.0 Å². The van der Waals surface area contributed by atoms with Gasteiger partial charge in [0.1, 0.15) is 0 Å². The Morgan fingerprint density at radius 1 is 0.870 bits per heavy atom. The smallest absolute Gasteiger partial charge is 0.186 e. The predicted octanol–water partition coefficient (Wildman–Crippen LogP) is 5.91. The largest absolute Gasteiger partial charge is 0.289 e. The quantitative estimate of drug-likeness (QED) is 0.630. The summed E-state index contributed by atoms with van der Waals surface area (Å²) in [5, 5.41) is 0. The van der Waals surface area contributed by atoms with Crippen molar-refractivity contribution in [1.82, 2.24) is 0 Å². The van der Waals surface area contributed by atoms with Gasteiger partial charge >= 0.3 is 0 Å². The first-order valence-corrected chi connectivity index (χ1v) is 8.26. The van der Waals surface area contributed by atoms with Gasteiger partial charge < -0.3 is 0 Å². The molecule has 23 heavy (non-hydrogen) atoms. The highest BCUT2D eigenvalue weighted by atomic mass is 16.1. The molecule has 1 aliphatic rings. The van der Waals surface area contributed by atoms with Gasteiger partial charge in [-0.15, -0.1) is 0 Å². The van der Waals surface area contributed by atoms with Crippen LogP contribution in [0.5, 0.6) is 0 Å². The van der Waals surface area contributed by atoms with Crippen LogP contribution in [0.2, 0.25) is 0 Å². The van der Waals surface area contributed by atoms with Gasteiger partial charge in [0.2, 0.25) is 0 Å². The van der Waals surface area contributed by atoms with Gasteiger partial charge in [-0.05, 0) is 47.1 Å². The predicted molar refractivity (Wildman–Crippen MR) is 99.2 cm³/mol. The average Bonchev–Trinajstić information content (AvgIpc) is 2.38. The van der Waals surface area contributed by atoms with Crippen molar-refractivity contribution in [2.45, 2.75) is 48.5 Å². The van der Waals surface area contributed by atoms with E-state index < -0.39 is 0 Å². The maximum Gasteiger partial charge on any atom is 0.186 e. The molecule has 0 aromatic heterocycles. The average molecular weight is 308 g/mol. The maximum atomic E-state index is 12.9. The Morgan fingerprint density at radius 3 is 1.83 bits per heavy atom. The second-order valence-electron chi connectivity index (χ2n) is 8.50. The number of hydrogen-bond donors (Lipinski definition) is 0. The lowest BCUT2D eigenvalue weighted by Gasteiger charge is -2.31. The second kappa shape index (κ2) is 5.96. The summed E-state index contributed by atoms with van der Waals surface area (Å²) >= 11 is 0. The van der Waals surface area contributed by atoms with Crippen LogP contribution < -0.4 is 0 Å². The van der Waals surface area contributed by atoms with Crippen LogP contribution in [0, 0.1) is 17.8 Å². The summed E-state index contributed by atoms with van der Waals surface area (Å²) in [5.41, 5.74) is 4.98. The number of benzene rings is 1. The lowest BCUT2D eigenvalue weighted by Crippen LogP contribution is -2.27. The Morgan fingerprint density at radius 2 is 1.39 bits per heavy atom. The molecule has 0 radical (unpaired) electrons. The summed E-state index contributed by atoms with van der Waals surface area (Å²) in [6.45, 7) is 14.7. The molecule has 0 saturated heterocycles. The fourth-order valence-corrected chi connectivity index (χ4v) is 2.80. The van der Waals surface area contributed by atoms with E-state index in [-0.39, 0.29) is 16.6 Å². The van der Waals surface area contributed by atoms with Crippen LogP contribution in [0.15, 0.2) is 53.1 Å². The number of rotatable bonds is 1. The normalized spacial score (nSPS) is 16.1. The molecule has 0 N–H and O–H groups in total. The van der Waals surface area contributed by atoms with Crippen molar-refractivity contribution < 1.29 is 4.79 Å². The minimum atomic E-state index is -0.159. The molecule has 0 aliphatic heterocycles. The fraction of sp³-hybridized carbons (Fsp3) is 0.409. The van der Waals surface area contributed by atoms with Gasteiger partial charge in [-0.1, -0.05) is 71.4 Å². The van der Waals surface area contributed by atoms with E-state index in [0.29, 0.717) is 0 Å². The maximum absolute atomic E-state index is 12.9. The first kappa shape index (κ1) is 17.5. The van der Waals surface area contributed by atoms with Gasteiger partial charge in [0.25, 0.3) is 0 Å². The Labute approximate surface area is 140 Å². The molecule has 1 aromatic rings. The molecule has 122 valence electrons. The van der Waals surface area contributed by atoms with Crippen molar-refractivity contribution >= 4 is 11.9 Å². The van der Waals surface area contributed by atoms with Crippen LogP contribution in [0.1, 0.15) is 52.7 Å². The molecular weight excluding hydrogens is 280 g/mol. The second-order valence-corrected chi connectivity index (χ2v) is 8.50. The van der Waals surface area contributed by atoms with E-state index in [1.807, 2.05) is 0 Å². The molecule has 0 unspecified atom stereocenters. The van der Waals surface area contributed by atoms with Crippen molar-refractivity contribution in [3.05, 3.63) is 64.3 Å². The van der Waals surface area contributed by atoms with Crippen molar-refractivity contribution in [3.63, 3.8) is 0 Å². The van der Waals surface area contributed by atoms with Crippen LogP contribution >= 0.6 is 0 Å². The molecule has 0 amide bonds. The Kier molecular flexibility index (Phi) is 4.52. The summed E-state index contributed by atoms with van der Waals surface area (Å²) in [6.07, 6.45) is 6.27. The SMILES string of the molecule is Cc1cccc(C=C2C=C(C(C)(C)C)C(=O)C(C(C)(C)C)=C2)c1. The van der Waals surface area contributed by atoms with E-state index in [0.717, 1.165) is 16.7 Å². The standard InChI is InChI=1S/C22H28O/c1-15-9-8-10-16(11-15)12-17-13-18(21(2,3)4)20(23)19(14-17)22(5,6)7/h8-14H,1-7H3. The van der Waals surface area contributed by atoms with E-state index in [1.54, 1.807) is 0 Å². The fourth-order valence-electron chi connectivity index (χ4n) is 2.80. The summed E-state index contributed by atoms with van der Waals surface area (Å²) in [4.78, 5) is 12.9. The van der Waals surface area contributed by atoms with Crippen LogP contribution in [0.25, 0.3) is 6.08 Å². The number of aryl methyl sites for hydroxylation is 1. The number of allylic oxidation sites excluding steroid dienone is 5. The number of ketones is 1. The molecule has 1 heteroatoms. The van der Waals surface area contributed by atoms with Gasteiger partial charge in [-0.25, -0.2) is 0 Å². The lowest BCUT2D eigenvalue weighted by atomic mass is 9.72. The van der Waals surface area contributed by atoms with Crippen molar-refractivity contribution in [2.24, 2.45) is 10.8 Å². The van der Waals surface area contributed by atoms with Crippen LogP contribution in [-0.4, -0.2) is 5.78 Å². The Bertz CT molecular complexity index is 677. The Balaban J connectivity index is 2.58. The van der Waals surface area contributed by atoms with Crippen molar-refractivity contribution in [2.75, 3.05) is 0 Å². The minimum Gasteiger partial charge on any atom is -0.289 e. The summed E-state index contributed by atoms with van der Waals surface area (Å²) < 4.78 is 0. The molecule has 1 nitrogen and oxygen atoms in total. The van der Waals surface area contributed by atoms with Crippen LogP contribution in [0.4, 0.5) is 0 Å². The minimum absolute atomic E-state index is 0.159. The summed E-state index contributed by atoms with van der Waals surface area (Å²) in [7, 11) is 0. The van der Waals surface area contributed by atoms with Gasteiger partial charge in [0, 0.05) is 11.1 Å². The van der Waals surface area contributed by atoms with E-state index in [1.165, 1.54) is 11.1 Å². The third kappa shape index (κ3) is 4.10. The number of hydrogen-bond acceptors (Lipinski definition) is 1. The molecule has 0 bridgehead atoms. The highest BCUT2D eigenvalue weighted by Gasteiger charge is 2.33. The third-order valence-corrected chi connectivity index (χ3v) is 4.10. The zero-order valence-electron chi connectivity index (χ0n) is 15.4. The summed E-state index contributed by atoms with van der Waals surface area (Å²) in [6, 6.07) is 8.43. The first-order chi connectivity index (χ1) is 10.5. The van der Waals surface area contributed by atoms with Crippen LogP contribution in [-0.2, 0) is 4.79 Å². The monoisotopic (exact) mass is 308 g/mol. The molecule has 1 aliphatic carbocycles. The molecule has 0 atom stereocenters. The molecular formula is C22H28O. The number of carbonyl (C=O) groups excluding carboxylic acids is 1. The highest BCUT2D eigenvalue weighted by Crippen LogP contribution is 2.39. The van der Waals surface area contributed by atoms with Gasteiger partial charge in [0.15, 0.2) is 5.78 Å². The summed E-state index contributed by atoms with van der Waals surface area (Å²) in [5.74, 6) is 0.186. The van der Waals surface area contributed by atoms with Gasteiger partial charge in [-0.3, -0.25) is 4.79 Å². The molecule has 0 heterocycles. The van der Waals surface area contributed by atoms with E-state index >= 15 is 0 Å². The third-order valence-electron chi connectivity index (χ3n) is 4.10. The lowest BCUT2D eigenvalue weighted by molar-refractivity contribution is -0.114. The molecule has 0 fully saturated rings. The molecule has 1 aromatic carbocycles. The molecule has 0 spiro atoms. The van der Waals surface area contributed by atoms with E-state index in [9.17, 15) is 4.79 Å². The van der Waals surface area contributed by atoms with Crippen LogP contribution in [0.3, 0.4) is 0 Å². The molecule has 0 saturated carbocycles. The van der Waals surface area contributed by atoms with Crippen molar-refractivity contribution in [3.8, 4) is 0 Å². The van der Waals surface area contributed by atoms with E-state index in [4.69, 9.17) is 0 Å². The Hall–Kier alpha value is -1.89. The van der Waals surface area contributed by atoms with Crippen molar-refractivity contribution in [1.29, 1.82) is 0 Å². The topological polar surface area (TPSA) is 17.1 Å². The first-order valence-electron chi connectivity index (χ1n) is 8.26. The molecule has 2 rings (SSSR count). The van der Waals surface area contributed by atoms with Gasteiger partial charge in [0.05, 0.1) is 0 Å². The van der Waals surface area contributed by atoms with Gasteiger partial charge in [-0.2, -0.15) is 0 Å². The zero-order chi connectivity index (χ0) is 17.4. The zero-order valence-corrected chi connectivity index (χ0v) is 15.4.